The normalized spacial score (nSPS) is 22.2. The molecule has 0 radical (unpaired) electrons. The number of Topliss-reactive ketones (excluding diaryl/α,β-unsaturated/α-hetero) is 1. The van der Waals surface area contributed by atoms with Crippen molar-refractivity contribution in [3.63, 3.8) is 0 Å². The maximum absolute atomic E-state index is 13.6. The Morgan fingerprint density at radius 3 is 2.10 bits per heavy atom. The van der Waals surface area contributed by atoms with E-state index in [2.05, 4.69) is 5.32 Å². The SMILES string of the molecule is C.COC(=O)c1ccc(NC(C(=O)O[C@H]2C[N+]3(CC(=O)c4ccccc4)CCC2CC3)c2ccccc2)cc1. The molecule has 0 saturated carbocycles. The van der Waals surface area contributed by atoms with Gasteiger partial charge < -0.3 is 19.3 Å². The summed E-state index contributed by atoms with van der Waals surface area (Å²) in [6, 6.07) is 25.0. The van der Waals surface area contributed by atoms with Gasteiger partial charge in [0.05, 0.1) is 25.8 Å². The smallest absolute Gasteiger partial charge is 0.337 e. The van der Waals surface area contributed by atoms with Crippen LogP contribution in [0.1, 0.15) is 52.6 Å². The number of esters is 2. The lowest BCUT2D eigenvalue weighted by Gasteiger charge is -2.51. The molecule has 3 heterocycles. The summed E-state index contributed by atoms with van der Waals surface area (Å²) in [5.41, 5.74) is 2.64. The molecule has 2 bridgehead atoms. The number of hydrogen-bond acceptors (Lipinski definition) is 6. The monoisotopic (exact) mass is 529 g/mol. The topological polar surface area (TPSA) is 81.7 Å². The van der Waals surface area contributed by atoms with Gasteiger partial charge in [0, 0.05) is 30.0 Å². The number of fused-ring (bicyclic) bond motifs is 3. The van der Waals surface area contributed by atoms with Crippen LogP contribution < -0.4 is 5.32 Å². The number of ketones is 1. The van der Waals surface area contributed by atoms with E-state index in [0.717, 1.165) is 37.1 Å². The van der Waals surface area contributed by atoms with Gasteiger partial charge in [-0.2, -0.15) is 0 Å². The van der Waals surface area contributed by atoms with Gasteiger partial charge in [0.1, 0.15) is 13.1 Å². The Kier molecular flexibility index (Phi) is 8.82. The first-order valence-electron chi connectivity index (χ1n) is 13.1. The highest BCUT2D eigenvalue weighted by atomic mass is 16.5. The minimum absolute atomic E-state index is 0. The number of rotatable bonds is 9. The van der Waals surface area contributed by atoms with Crippen LogP contribution in [0.5, 0.6) is 0 Å². The number of anilines is 1. The first-order chi connectivity index (χ1) is 18.5. The lowest BCUT2D eigenvalue weighted by molar-refractivity contribution is -0.938. The van der Waals surface area contributed by atoms with Crippen LogP contribution in [0.3, 0.4) is 0 Å². The number of nitrogens with one attached hydrogen (secondary N) is 1. The molecule has 204 valence electrons. The molecule has 0 aliphatic carbocycles. The number of piperidine rings is 3. The molecule has 3 saturated heterocycles. The molecule has 3 aromatic carbocycles. The maximum Gasteiger partial charge on any atom is 0.337 e. The van der Waals surface area contributed by atoms with Gasteiger partial charge in [-0.05, 0) is 29.8 Å². The van der Waals surface area contributed by atoms with Crippen molar-refractivity contribution in [2.75, 3.05) is 38.6 Å². The molecule has 7 nitrogen and oxygen atoms in total. The summed E-state index contributed by atoms with van der Waals surface area (Å²) in [6.07, 6.45) is 1.65. The molecule has 0 aromatic heterocycles. The molecule has 6 rings (SSSR count). The molecule has 3 aliphatic rings. The van der Waals surface area contributed by atoms with E-state index >= 15 is 0 Å². The summed E-state index contributed by atoms with van der Waals surface area (Å²) in [7, 11) is 1.34. The number of carbonyl (C=O) groups excluding carboxylic acids is 3. The Balaban J connectivity index is 0.00000353. The minimum Gasteiger partial charge on any atom is -0.465 e. The molecular formula is C32H37N2O5+. The van der Waals surface area contributed by atoms with Crippen molar-refractivity contribution in [2.24, 2.45) is 5.92 Å². The first-order valence-corrected chi connectivity index (χ1v) is 13.1. The number of methoxy groups -OCH3 is 1. The zero-order chi connectivity index (χ0) is 26.5. The second-order valence-corrected chi connectivity index (χ2v) is 10.3. The molecular weight excluding hydrogens is 492 g/mol. The second kappa shape index (κ2) is 12.3. The number of carbonyl (C=O) groups is 3. The summed E-state index contributed by atoms with van der Waals surface area (Å²) < 4.78 is 11.6. The van der Waals surface area contributed by atoms with E-state index in [1.807, 2.05) is 60.7 Å². The second-order valence-electron chi connectivity index (χ2n) is 10.3. The van der Waals surface area contributed by atoms with Crippen LogP contribution in [0.4, 0.5) is 5.69 Å². The molecule has 1 N–H and O–H groups in total. The van der Waals surface area contributed by atoms with E-state index in [9.17, 15) is 14.4 Å². The third-order valence-electron chi connectivity index (χ3n) is 7.87. The van der Waals surface area contributed by atoms with Crippen molar-refractivity contribution in [3.05, 3.63) is 102 Å². The quantitative estimate of drug-likeness (QED) is 0.230. The fourth-order valence-electron chi connectivity index (χ4n) is 5.72. The van der Waals surface area contributed by atoms with Gasteiger partial charge in [-0.15, -0.1) is 0 Å². The molecule has 1 unspecified atom stereocenters. The van der Waals surface area contributed by atoms with Gasteiger partial charge in [-0.1, -0.05) is 68.1 Å². The van der Waals surface area contributed by atoms with Crippen molar-refractivity contribution in [2.45, 2.75) is 32.4 Å². The molecule has 39 heavy (non-hydrogen) atoms. The highest BCUT2D eigenvalue weighted by Crippen LogP contribution is 2.36. The number of quaternary nitrogens is 1. The van der Waals surface area contributed by atoms with Crippen LogP contribution in [-0.2, 0) is 14.3 Å². The molecule has 0 spiro atoms. The van der Waals surface area contributed by atoms with Gasteiger partial charge >= 0.3 is 11.9 Å². The van der Waals surface area contributed by atoms with Crippen LogP contribution in [0.2, 0.25) is 0 Å². The highest BCUT2D eigenvalue weighted by Gasteiger charge is 2.49. The predicted molar refractivity (Wildman–Crippen MR) is 150 cm³/mol. The van der Waals surface area contributed by atoms with Gasteiger partial charge in [0.2, 0.25) is 5.78 Å². The summed E-state index contributed by atoms with van der Waals surface area (Å²) in [5, 5.41) is 3.29. The van der Waals surface area contributed by atoms with Crippen LogP contribution >= 0.6 is 0 Å². The van der Waals surface area contributed by atoms with Gasteiger partial charge in [-0.3, -0.25) is 4.79 Å². The Morgan fingerprint density at radius 2 is 1.49 bits per heavy atom. The fourth-order valence-corrected chi connectivity index (χ4v) is 5.72. The van der Waals surface area contributed by atoms with Gasteiger partial charge in [0.15, 0.2) is 12.1 Å². The highest BCUT2D eigenvalue weighted by molar-refractivity contribution is 5.97. The van der Waals surface area contributed by atoms with Gasteiger partial charge in [0.25, 0.3) is 0 Å². The van der Waals surface area contributed by atoms with Crippen molar-refractivity contribution in [1.29, 1.82) is 0 Å². The predicted octanol–water partition coefficient (Wildman–Crippen LogP) is 5.30. The van der Waals surface area contributed by atoms with E-state index in [1.54, 1.807) is 24.3 Å². The largest absolute Gasteiger partial charge is 0.465 e. The van der Waals surface area contributed by atoms with E-state index < -0.39 is 12.0 Å². The molecule has 3 aliphatic heterocycles. The third-order valence-corrected chi connectivity index (χ3v) is 7.87. The summed E-state index contributed by atoms with van der Waals surface area (Å²) >= 11 is 0. The number of benzene rings is 3. The molecule has 7 heteroatoms. The number of ether oxygens (including phenoxy) is 2. The average molecular weight is 530 g/mol. The lowest BCUT2D eigenvalue weighted by atomic mass is 9.82. The fraction of sp³-hybridized carbons (Fsp3) is 0.344. The van der Waals surface area contributed by atoms with Crippen LogP contribution in [-0.4, -0.2) is 61.6 Å². The van der Waals surface area contributed by atoms with Crippen molar-refractivity contribution in [1.82, 2.24) is 0 Å². The Hall–Kier alpha value is -3.97. The molecule has 3 aromatic rings. The lowest BCUT2D eigenvalue weighted by Crippen LogP contribution is -2.65. The summed E-state index contributed by atoms with van der Waals surface area (Å²) in [5.74, 6) is -0.322. The zero-order valence-electron chi connectivity index (χ0n) is 21.5. The average Bonchev–Trinajstić information content (AvgIpc) is 2.97. The van der Waals surface area contributed by atoms with Crippen molar-refractivity contribution >= 4 is 23.4 Å². The number of hydrogen-bond donors (Lipinski definition) is 1. The third kappa shape index (κ3) is 6.37. The maximum atomic E-state index is 13.6. The molecule has 2 atom stereocenters. The standard InChI is InChI=1S/C31H32N2O5.CH4/c1-37-30(35)25-12-14-26(15-13-25)32-29(24-10-6-3-7-11-24)31(36)38-28-21-33(18-16-23(28)17-19-33)20-27(34)22-8-4-2-5-9-22;/h2-15,23,28-29H,16-21H2,1H3;1H4/p+1/t23?,28-,29?,33?;/m0./s1. The van der Waals surface area contributed by atoms with E-state index in [1.165, 1.54) is 7.11 Å². The van der Waals surface area contributed by atoms with Gasteiger partial charge in [-0.25, -0.2) is 9.59 Å². The van der Waals surface area contributed by atoms with E-state index in [0.29, 0.717) is 34.7 Å². The zero-order valence-corrected chi connectivity index (χ0v) is 21.5. The van der Waals surface area contributed by atoms with Crippen LogP contribution in [0.15, 0.2) is 84.9 Å². The van der Waals surface area contributed by atoms with Crippen molar-refractivity contribution < 1.29 is 28.3 Å². The van der Waals surface area contributed by atoms with Crippen LogP contribution in [0.25, 0.3) is 0 Å². The Morgan fingerprint density at radius 1 is 0.872 bits per heavy atom. The molecule has 0 amide bonds. The minimum atomic E-state index is -0.713. The van der Waals surface area contributed by atoms with E-state index in [-0.39, 0.29) is 25.3 Å². The summed E-state index contributed by atoms with van der Waals surface area (Å²) in [4.78, 5) is 38.5. The van der Waals surface area contributed by atoms with E-state index in [4.69, 9.17) is 9.47 Å². The van der Waals surface area contributed by atoms with Crippen LogP contribution in [0, 0.1) is 5.92 Å². The number of nitrogens with zero attached hydrogens (tertiary/aromatic N) is 1. The Labute approximate surface area is 230 Å². The molecule has 3 fully saturated rings. The first kappa shape index (κ1) is 28.0. The summed E-state index contributed by atoms with van der Waals surface area (Å²) in [6.45, 7) is 2.95. The van der Waals surface area contributed by atoms with Crippen molar-refractivity contribution in [3.8, 4) is 0 Å². The Bertz CT molecular complexity index is 1270.